The van der Waals surface area contributed by atoms with Crippen molar-refractivity contribution in [3.05, 3.63) is 0 Å². The predicted molar refractivity (Wildman–Crippen MR) is 69.8 cm³/mol. The fourth-order valence-corrected chi connectivity index (χ4v) is 5.02. The number of hydrogen-bond donors (Lipinski definition) is 3. The van der Waals surface area contributed by atoms with Crippen LogP contribution < -0.4 is 10.9 Å². The maximum atomic E-state index is 11.4. The average Bonchev–Trinajstić information content (AvgIpc) is 2.30. The summed E-state index contributed by atoms with van der Waals surface area (Å²) in [5.74, 6) is 0.643. The molecule has 96 valence electrons. The first-order valence-corrected chi connectivity index (χ1v) is 8.05. The van der Waals surface area contributed by atoms with Crippen LogP contribution in [-0.2, 0) is 0 Å². The van der Waals surface area contributed by atoms with Crippen molar-refractivity contribution in [1.82, 2.24) is 0 Å². The zero-order valence-electron chi connectivity index (χ0n) is 9.86. The molecule has 1 aliphatic carbocycles. The van der Waals surface area contributed by atoms with Crippen molar-refractivity contribution in [2.45, 2.75) is 50.2 Å². The summed E-state index contributed by atoms with van der Waals surface area (Å²) in [4.78, 5) is 11.4. The molecule has 0 aromatic heterocycles. The van der Waals surface area contributed by atoms with Crippen LogP contribution in [0.5, 0.6) is 0 Å². The number of hydrogen-bond acceptors (Lipinski definition) is 3. The molecule has 1 unspecified atom stereocenters. The van der Waals surface area contributed by atoms with Crippen LogP contribution in [0.1, 0.15) is 44.9 Å². The third kappa shape index (κ3) is 3.37. The Balaban J connectivity index is 2.58. The van der Waals surface area contributed by atoms with Crippen molar-refractivity contribution in [3.8, 4) is 0 Å². The maximum Gasteiger partial charge on any atom is 0.359 e. The minimum atomic E-state index is -1.97. The summed E-state index contributed by atoms with van der Waals surface area (Å²) in [6.07, 6.45) is 7.24. The fourth-order valence-electron chi connectivity index (χ4n) is 2.37. The van der Waals surface area contributed by atoms with E-state index in [1.54, 1.807) is 0 Å². The average molecular weight is 248 g/mol. The summed E-state index contributed by atoms with van der Waals surface area (Å²) in [6, 6.07) is 0. The molecule has 1 rings (SSSR count). The van der Waals surface area contributed by atoms with Gasteiger partial charge in [0.05, 0.1) is 0 Å². The minimum absolute atomic E-state index is 0.233. The van der Waals surface area contributed by atoms with Gasteiger partial charge in [0.25, 0.3) is 0 Å². The van der Waals surface area contributed by atoms with Gasteiger partial charge < -0.3 is 10.8 Å². The predicted octanol–water partition coefficient (Wildman–Crippen LogP) is 2.41. The molecule has 0 spiro atoms. The first-order chi connectivity index (χ1) is 7.61. The quantitative estimate of drug-likeness (QED) is 0.652. The van der Waals surface area contributed by atoms with Crippen LogP contribution >= 0.6 is 10.2 Å². The summed E-state index contributed by atoms with van der Waals surface area (Å²) >= 11 is 0. The summed E-state index contributed by atoms with van der Waals surface area (Å²) in [5, 5.41) is 15.0. The smallest absolute Gasteiger partial charge is 0.359 e. The molecular weight excluding hydrogens is 224 g/mol. The van der Waals surface area contributed by atoms with E-state index in [1.165, 1.54) is 6.42 Å². The normalized spacial score (nSPS) is 23.6. The van der Waals surface area contributed by atoms with E-state index in [0.717, 1.165) is 38.5 Å². The highest BCUT2D eigenvalue weighted by Crippen LogP contribution is 2.51. The summed E-state index contributed by atoms with van der Waals surface area (Å²) in [6.45, 7) is 0.625. The highest BCUT2D eigenvalue weighted by molar-refractivity contribution is 8.43. The second kappa shape index (κ2) is 6.47. The van der Waals surface area contributed by atoms with Crippen molar-refractivity contribution in [1.29, 1.82) is 0 Å². The monoisotopic (exact) mass is 248 g/mol. The van der Waals surface area contributed by atoms with E-state index in [9.17, 15) is 9.90 Å². The van der Waals surface area contributed by atoms with Gasteiger partial charge in [-0.3, -0.25) is 5.14 Å². The van der Waals surface area contributed by atoms with Crippen LogP contribution in [0.3, 0.4) is 0 Å². The highest BCUT2D eigenvalue weighted by atomic mass is 32.3. The number of rotatable bonds is 5. The summed E-state index contributed by atoms with van der Waals surface area (Å²) in [5.41, 5.74) is 5.43. The molecule has 0 radical (unpaired) electrons. The van der Waals surface area contributed by atoms with Gasteiger partial charge in [0.1, 0.15) is 0 Å². The van der Waals surface area contributed by atoms with Gasteiger partial charge in [-0.05, 0) is 38.0 Å². The van der Waals surface area contributed by atoms with E-state index in [2.05, 4.69) is 0 Å². The number of unbranched alkanes of at least 4 members (excludes halogenated alkanes) is 1. The lowest BCUT2D eigenvalue weighted by atomic mass is 10.0. The zero-order valence-corrected chi connectivity index (χ0v) is 10.7. The van der Waals surface area contributed by atoms with Crippen LogP contribution in [0.4, 0.5) is 4.79 Å². The topological polar surface area (TPSA) is 89.3 Å². The zero-order chi connectivity index (χ0) is 12.0. The molecular formula is C11H24N2O2S. The molecule has 0 aliphatic heterocycles. The standard InChI is InChI=1S/C11H24N2O2S/c12-8-4-5-9-16(13,11(14)15)10-6-2-1-3-7-10/h10H,1-9,12-13H2,(H,14,15). The maximum absolute atomic E-state index is 11.4. The number of nitrogens with two attached hydrogens (primary N) is 2. The SMILES string of the molecule is NCCCCS(N)(C(=O)O)C1CCCCC1. The lowest BCUT2D eigenvalue weighted by Gasteiger charge is -2.40. The van der Waals surface area contributed by atoms with Gasteiger partial charge >= 0.3 is 5.30 Å². The first-order valence-electron chi connectivity index (χ1n) is 6.12. The third-order valence-corrected chi connectivity index (χ3v) is 6.68. The van der Waals surface area contributed by atoms with Gasteiger partial charge in [-0.15, -0.1) is 0 Å². The van der Waals surface area contributed by atoms with Crippen LogP contribution in [-0.4, -0.2) is 28.0 Å². The lowest BCUT2D eigenvalue weighted by Crippen LogP contribution is -2.35. The Kier molecular flexibility index (Phi) is 5.58. The fraction of sp³-hybridized carbons (Fsp3) is 0.909. The first kappa shape index (κ1) is 13.8. The molecule has 0 heterocycles. The van der Waals surface area contributed by atoms with Crippen molar-refractivity contribution >= 4 is 15.5 Å². The largest absolute Gasteiger partial charge is 0.473 e. The number of carbonyl (C=O) groups is 1. The molecule has 0 saturated heterocycles. The molecule has 0 aromatic rings. The van der Waals surface area contributed by atoms with Crippen molar-refractivity contribution in [2.75, 3.05) is 12.3 Å². The van der Waals surface area contributed by atoms with Gasteiger partial charge in [0.15, 0.2) is 0 Å². The van der Waals surface area contributed by atoms with E-state index >= 15 is 0 Å². The highest BCUT2D eigenvalue weighted by Gasteiger charge is 2.36. The molecule has 5 heteroatoms. The molecule has 1 aliphatic rings. The summed E-state index contributed by atoms with van der Waals surface area (Å²) in [7, 11) is -1.97. The Morgan fingerprint density at radius 2 is 1.88 bits per heavy atom. The molecule has 1 atom stereocenters. The molecule has 4 nitrogen and oxygen atoms in total. The Morgan fingerprint density at radius 3 is 2.38 bits per heavy atom. The Bertz CT molecular complexity index is 232. The Hall–Kier alpha value is -0.260. The van der Waals surface area contributed by atoms with Crippen molar-refractivity contribution in [2.24, 2.45) is 10.9 Å². The van der Waals surface area contributed by atoms with E-state index in [1.807, 2.05) is 0 Å². The van der Waals surface area contributed by atoms with E-state index in [4.69, 9.17) is 10.9 Å². The van der Waals surface area contributed by atoms with E-state index < -0.39 is 15.5 Å². The van der Waals surface area contributed by atoms with Gasteiger partial charge in [-0.1, -0.05) is 29.5 Å². The second-order valence-electron chi connectivity index (χ2n) is 4.58. The lowest BCUT2D eigenvalue weighted by molar-refractivity contribution is 0.220. The Morgan fingerprint density at radius 1 is 1.25 bits per heavy atom. The Labute approximate surface area is 99.2 Å². The molecule has 16 heavy (non-hydrogen) atoms. The van der Waals surface area contributed by atoms with Gasteiger partial charge in [0.2, 0.25) is 0 Å². The molecule has 1 fully saturated rings. The van der Waals surface area contributed by atoms with Crippen molar-refractivity contribution in [3.63, 3.8) is 0 Å². The molecule has 0 aromatic carbocycles. The van der Waals surface area contributed by atoms with Crippen LogP contribution in [0, 0.1) is 0 Å². The van der Waals surface area contributed by atoms with Crippen LogP contribution in [0.25, 0.3) is 0 Å². The molecule has 0 amide bonds. The van der Waals surface area contributed by atoms with Crippen LogP contribution in [0.15, 0.2) is 0 Å². The van der Waals surface area contributed by atoms with Gasteiger partial charge in [-0.25, -0.2) is 4.79 Å². The minimum Gasteiger partial charge on any atom is -0.473 e. The molecule has 1 saturated carbocycles. The molecule has 5 N–H and O–H groups in total. The second-order valence-corrected chi connectivity index (χ2v) is 7.70. The van der Waals surface area contributed by atoms with E-state index in [0.29, 0.717) is 12.3 Å². The van der Waals surface area contributed by atoms with Crippen LogP contribution in [0.2, 0.25) is 0 Å². The molecule has 0 bridgehead atoms. The number of carboxylic acid groups (broad SMARTS) is 1. The summed E-state index contributed by atoms with van der Waals surface area (Å²) < 4.78 is 0. The third-order valence-electron chi connectivity index (χ3n) is 3.41. The van der Waals surface area contributed by atoms with Crippen molar-refractivity contribution < 1.29 is 9.90 Å². The van der Waals surface area contributed by atoms with Gasteiger partial charge in [0, 0.05) is 5.25 Å². The van der Waals surface area contributed by atoms with Gasteiger partial charge in [-0.2, -0.15) is 0 Å². The van der Waals surface area contributed by atoms with E-state index in [-0.39, 0.29) is 5.25 Å².